The highest BCUT2D eigenvalue weighted by molar-refractivity contribution is 7.87. The summed E-state index contributed by atoms with van der Waals surface area (Å²) in [5.74, 6) is 0.215. The molecule has 4 nitrogen and oxygen atoms in total. The molecule has 0 atom stereocenters. The molecule has 0 unspecified atom stereocenters. The molecule has 0 saturated carbocycles. The zero-order valence-electron chi connectivity index (χ0n) is 12.9. The van der Waals surface area contributed by atoms with Crippen molar-refractivity contribution in [2.24, 2.45) is 0 Å². The van der Waals surface area contributed by atoms with Gasteiger partial charge in [-0.3, -0.25) is 4.98 Å². The fourth-order valence-corrected chi connectivity index (χ4v) is 3.90. The molecular formula is C16H19NO3S. The van der Waals surface area contributed by atoms with Gasteiger partial charge in [-0.15, -0.1) is 0 Å². The molecule has 0 bridgehead atoms. The SMILES string of the molecule is Cc1c(C)c(C)c(S(=O)(=O)Oc2cccnc2)c(C)c1C. The first-order valence-corrected chi connectivity index (χ1v) is 8.08. The van der Waals surface area contributed by atoms with Crippen LogP contribution in [0.4, 0.5) is 0 Å². The van der Waals surface area contributed by atoms with Crippen molar-refractivity contribution in [3.8, 4) is 5.75 Å². The summed E-state index contributed by atoms with van der Waals surface area (Å²) < 4.78 is 30.4. The van der Waals surface area contributed by atoms with Gasteiger partial charge >= 0.3 is 10.1 Å². The van der Waals surface area contributed by atoms with Gasteiger partial charge in [-0.1, -0.05) is 0 Å². The van der Waals surface area contributed by atoms with E-state index < -0.39 is 10.1 Å². The van der Waals surface area contributed by atoms with Gasteiger partial charge in [-0.25, -0.2) is 0 Å². The second kappa shape index (κ2) is 5.48. The van der Waals surface area contributed by atoms with E-state index in [2.05, 4.69) is 4.98 Å². The Morgan fingerprint density at radius 2 is 1.43 bits per heavy atom. The predicted molar refractivity (Wildman–Crippen MR) is 82.2 cm³/mol. The smallest absolute Gasteiger partial charge is 0.339 e. The van der Waals surface area contributed by atoms with Crippen molar-refractivity contribution in [3.05, 3.63) is 52.3 Å². The quantitative estimate of drug-likeness (QED) is 0.816. The predicted octanol–water partition coefficient (Wildman–Crippen LogP) is 3.39. The lowest BCUT2D eigenvalue weighted by Crippen LogP contribution is -2.15. The Bertz CT molecular complexity index is 752. The van der Waals surface area contributed by atoms with Crippen molar-refractivity contribution >= 4 is 10.1 Å². The van der Waals surface area contributed by atoms with Crippen LogP contribution in [-0.2, 0) is 10.1 Å². The van der Waals surface area contributed by atoms with E-state index in [1.165, 1.54) is 6.20 Å². The van der Waals surface area contributed by atoms with E-state index >= 15 is 0 Å². The van der Waals surface area contributed by atoms with Gasteiger partial charge in [-0.2, -0.15) is 8.42 Å². The fraction of sp³-hybridized carbons (Fsp3) is 0.312. The van der Waals surface area contributed by atoms with Crippen LogP contribution in [0.2, 0.25) is 0 Å². The van der Waals surface area contributed by atoms with Gasteiger partial charge in [0.2, 0.25) is 0 Å². The Balaban J connectivity index is 2.61. The molecule has 0 aliphatic rings. The maximum absolute atomic E-state index is 12.6. The van der Waals surface area contributed by atoms with Crippen molar-refractivity contribution < 1.29 is 12.6 Å². The van der Waals surface area contributed by atoms with Crippen LogP contribution in [0.5, 0.6) is 5.75 Å². The largest absolute Gasteiger partial charge is 0.377 e. The number of hydrogen-bond donors (Lipinski definition) is 0. The van der Waals surface area contributed by atoms with Crippen LogP contribution < -0.4 is 4.18 Å². The van der Waals surface area contributed by atoms with E-state index in [-0.39, 0.29) is 10.6 Å². The number of hydrogen-bond acceptors (Lipinski definition) is 4. The van der Waals surface area contributed by atoms with Gasteiger partial charge in [0.1, 0.15) is 4.90 Å². The van der Waals surface area contributed by atoms with Gasteiger partial charge in [-0.05, 0) is 74.6 Å². The normalized spacial score (nSPS) is 11.5. The second-order valence-corrected chi connectivity index (χ2v) is 6.66. The standard InChI is InChI=1S/C16H19NO3S/c1-10-11(2)13(4)16(14(5)12(10)3)21(18,19)20-15-7-6-8-17-9-15/h6-9H,1-5H3. The first-order valence-electron chi connectivity index (χ1n) is 6.67. The van der Waals surface area contributed by atoms with Crippen molar-refractivity contribution in [2.45, 2.75) is 39.5 Å². The zero-order chi connectivity index (χ0) is 15.8. The van der Waals surface area contributed by atoms with Crippen molar-refractivity contribution in [3.63, 3.8) is 0 Å². The van der Waals surface area contributed by atoms with E-state index in [0.717, 1.165) is 27.8 Å². The minimum absolute atomic E-state index is 0.215. The van der Waals surface area contributed by atoms with E-state index in [9.17, 15) is 8.42 Å². The third-order valence-corrected chi connectivity index (χ3v) is 5.55. The molecule has 5 heteroatoms. The zero-order valence-corrected chi connectivity index (χ0v) is 13.7. The minimum Gasteiger partial charge on any atom is -0.377 e. The Morgan fingerprint density at radius 3 is 1.90 bits per heavy atom. The van der Waals surface area contributed by atoms with Crippen LogP contribution >= 0.6 is 0 Å². The van der Waals surface area contributed by atoms with Crippen molar-refractivity contribution in [1.82, 2.24) is 4.98 Å². The molecule has 0 saturated heterocycles. The van der Waals surface area contributed by atoms with Gasteiger partial charge in [0.25, 0.3) is 0 Å². The van der Waals surface area contributed by atoms with E-state index in [4.69, 9.17) is 4.18 Å². The molecule has 0 aliphatic heterocycles. The average Bonchev–Trinajstić information content (AvgIpc) is 2.43. The number of benzene rings is 1. The lowest BCUT2D eigenvalue weighted by atomic mass is 9.95. The molecule has 112 valence electrons. The minimum atomic E-state index is -3.88. The fourth-order valence-electron chi connectivity index (χ4n) is 2.41. The van der Waals surface area contributed by atoms with Gasteiger partial charge in [0.15, 0.2) is 5.75 Å². The van der Waals surface area contributed by atoms with Crippen LogP contribution in [0.15, 0.2) is 29.4 Å². The Kier molecular flexibility index (Phi) is 4.05. The maximum Gasteiger partial charge on any atom is 0.339 e. The molecular weight excluding hydrogens is 286 g/mol. The summed E-state index contributed by atoms with van der Waals surface area (Å²) in [7, 11) is -3.88. The average molecular weight is 305 g/mol. The molecule has 0 N–H and O–H groups in total. The van der Waals surface area contributed by atoms with Gasteiger partial charge < -0.3 is 4.18 Å². The number of rotatable bonds is 3. The molecule has 1 aromatic carbocycles. The van der Waals surface area contributed by atoms with Crippen molar-refractivity contribution in [2.75, 3.05) is 0 Å². The van der Waals surface area contributed by atoms with Crippen LogP contribution in [-0.4, -0.2) is 13.4 Å². The molecule has 0 radical (unpaired) electrons. The number of aromatic nitrogens is 1. The summed E-state index contributed by atoms with van der Waals surface area (Å²) >= 11 is 0. The van der Waals surface area contributed by atoms with E-state index in [1.54, 1.807) is 18.3 Å². The van der Waals surface area contributed by atoms with Crippen LogP contribution in [0.1, 0.15) is 27.8 Å². The summed E-state index contributed by atoms with van der Waals surface area (Å²) in [6.45, 7) is 9.49. The number of pyridine rings is 1. The number of nitrogens with zero attached hydrogens (tertiary/aromatic N) is 1. The molecule has 2 aromatic rings. The van der Waals surface area contributed by atoms with Crippen LogP contribution in [0, 0.1) is 34.6 Å². The van der Waals surface area contributed by atoms with E-state index in [1.807, 2.05) is 34.6 Å². The molecule has 0 spiro atoms. The summed E-state index contributed by atoms with van der Waals surface area (Å²) in [4.78, 5) is 4.12. The third kappa shape index (κ3) is 2.78. The molecule has 1 aromatic heterocycles. The summed E-state index contributed by atoms with van der Waals surface area (Å²) in [5.41, 5.74) is 4.54. The van der Waals surface area contributed by atoms with Crippen LogP contribution in [0.3, 0.4) is 0 Å². The third-order valence-electron chi connectivity index (χ3n) is 4.02. The first-order chi connectivity index (χ1) is 9.75. The lowest BCUT2D eigenvalue weighted by Gasteiger charge is -2.18. The second-order valence-electron chi connectivity index (χ2n) is 5.18. The highest BCUT2D eigenvalue weighted by Crippen LogP contribution is 2.31. The highest BCUT2D eigenvalue weighted by Gasteiger charge is 2.25. The first kappa shape index (κ1) is 15.5. The Labute approximate surface area is 125 Å². The highest BCUT2D eigenvalue weighted by atomic mass is 32.2. The molecule has 0 amide bonds. The molecule has 1 heterocycles. The monoisotopic (exact) mass is 305 g/mol. The van der Waals surface area contributed by atoms with Gasteiger partial charge in [0.05, 0.1) is 6.20 Å². The van der Waals surface area contributed by atoms with Crippen LogP contribution in [0.25, 0.3) is 0 Å². The molecule has 2 rings (SSSR count). The van der Waals surface area contributed by atoms with E-state index in [0.29, 0.717) is 0 Å². The van der Waals surface area contributed by atoms with Gasteiger partial charge in [0, 0.05) is 6.20 Å². The summed E-state index contributed by atoms with van der Waals surface area (Å²) in [6.07, 6.45) is 2.95. The summed E-state index contributed by atoms with van der Waals surface area (Å²) in [5, 5.41) is 0. The topological polar surface area (TPSA) is 56.3 Å². The van der Waals surface area contributed by atoms with Crippen molar-refractivity contribution in [1.29, 1.82) is 0 Å². The summed E-state index contributed by atoms with van der Waals surface area (Å²) in [6, 6.07) is 3.21. The molecule has 0 aliphatic carbocycles. The Hall–Kier alpha value is -1.88. The molecule has 0 fully saturated rings. The Morgan fingerprint density at radius 1 is 0.905 bits per heavy atom. The lowest BCUT2D eigenvalue weighted by molar-refractivity contribution is 0.483. The maximum atomic E-state index is 12.6. The molecule has 21 heavy (non-hydrogen) atoms.